The average Bonchev–Trinajstić information content (AvgIpc) is 3.08. The number of benzene rings is 1. The topological polar surface area (TPSA) is 46.5 Å². The SMILES string of the molecule is O=C(NCc1ccc(Cl)cc1Cl)c1ccc[nH+]c1N1CCCC1. The van der Waals surface area contributed by atoms with E-state index in [0.29, 0.717) is 22.2 Å². The molecular formula is C17H18Cl2N3O+. The van der Waals surface area contributed by atoms with Crippen molar-refractivity contribution >= 4 is 34.9 Å². The van der Waals surface area contributed by atoms with E-state index in [0.717, 1.165) is 37.3 Å². The molecule has 0 unspecified atom stereocenters. The van der Waals surface area contributed by atoms with Gasteiger partial charge in [-0.1, -0.05) is 29.3 Å². The molecule has 1 aliphatic rings. The fraction of sp³-hybridized carbons (Fsp3) is 0.294. The maximum Gasteiger partial charge on any atom is 0.287 e. The van der Waals surface area contributed by atoms with Crippen LogP contribution in [0.1, 0.15) is 28.8 Å². The van der Waals surface area contributed by atoms with Crippen molar-refractivity contribution in [3.8, 4) is 0 Å². The number of rotatable bonds is 4. The molecule has 0 saturated carbocycles. The second kappa shape index (κ2) is 7.20. The van der Waals surface area contributed by atoms with E-state index in [1.54, 1.807) is 12.1 Å². The number of hydrogen-bond donors (Lipinski definition) is 1. The number of aromatic amines is 1. The highest BCUT2D eigenvalue weighted by Crippen LogP contribution is 2.22. The Labute approximate surface area is 145 Å². The Morgan fingerprint density at radius 2 is 2.00 bits per heavy atom. The minimum absolute atomic E-state index is 0.116. The van der Waals surface area contributed by atoms with Gasteiger partial charge < -0.3 is 5.32 Å². The lowest BCUT2D eigenvalue weighted by Gasteiger charge is -2.13. The lowest BCUT2D eigenvalue weighted by molar-refractivity contribution is -0.364. The number of halogens is 2. The number of amides is 1. The average molecular weight is 351 g/mol. The van der Waals surface area contributed by atoms with Gasteiger partial charge in [-0.2, -0.15) is 0 Å². The molecule has 1 fully saturated rings. The van der Waals surface area contributed by atoms with Crippen molar-refractivity contribution in [3.63, 3.8) is 0 Å². The molecule has 120 valence electrons. The summed E-state index contributed by atoms with van der Waals surface area (Å²) in [5.74, 6) is 0.763. The number of aromatic nitrogens is 1. The third kappa shape index (κ3) is 3.77. The monoisotopic (exact) mass is 350 g/mol. The maximum absolute atomic E-state index is 12.5. The summed E-state index contributed by atoms with van der Waals surface area (Å²) in [4.78, 5) is 18.0. The number of nitrogens with zero attached hydrogens (tertiary/aromatic N) is 1. The second-order valence-corrected chi connectivity index (χ2v) is 6.39. The predicted molar refractivity (Wildman–Crippen MR) is 92.1 cm³/mol. The quantitative estimate of drug-likeness (QED) is 0.918. The van der Waals surface area contributed by atoms with Crippen LogP contribution in [0.25, 0.3) is 0 Å². The molecule has 2 N–H and O–H groups in total. The molecule has 1 saturated heterocycles. The van der Waals surface area contributed by atoms with Crippen molar-refractivity contribution in [1.29, 1.82) is 0 Å². The van der Waals surface area contributed by atoms with Gasteiger partial charge in [0.1, 0.15) is 5.56 Å². The van der Waals surface area contributed by atoms with Gasteiger partial charge in [0.05, 0.1) is 19.3 Å². The van der Waals surface area contributed by atoms with E-state index in [1.165, 1.54) is 0 Å². The zero-order chi connectivity index (χ0) is 16.2. The lowest BCUT2D eigenvalue weighted by atomic mass is 10.2. The van der Waals surface area contributed by atoms with Gasteiger partial charge in [-0.05, 0) is 42.7 Å². The van der Waals surface area contributed by atoms with E-state index in [4.69, 9.17) is 23.2 Å². The van der Waals surface area contributed by atoms with Gasteiger partial charge in [0.2, 0.25) is 0 Å². The Hall–Kier alpha value is -1.78. The van der Waals surface area contributed by atoms with Gasteiger partial charge in [0.25, 0.3) is 11.7 Å². The molecule has 3 rings (SSSR count). The molecule has 0 aliphatic carbocycles. The molecule has 1 amide bonds. The van der Waals surface area contributed by atoms with Crippen LogP contribution in [0.4, 0.5) is 5.82 Å². The minimum Gasteiger partial charge on any atom is -0.348 e. The van der Waals surface area contributed by atoms with Gasteiger partial charge in [-0.15, -0.1) is 0 Å². The largest absolute Gasteiger partial charge is 0.348 e. The van der Waals surface area contributed by atoms with Crippen molar-refractivity contribution in [1.82, 2.24) is 5.32 Å². The van der Waals surface area contributed by atoms with Crippen LogP contribution in [0.3, 0.4) is 0 Å². The summed E-state index contributed by atoms with van der Waals surface area (Å²) in [6.45, 7) is 2.32. The number of anilines is 1. The molecule has 2 heterocycles. The predicted octanol–water partition coefficient (Wildman–Crippen LogP) is 3.34. The van der Waals surface area contributed by atoms with Crippen LogP contribution >= 0.6 is 23.2 Å². The number of carbonyl (C=O) groups excluding carboxylic acids is 1. The van der Waals surface area contributed by atoms with Crippen molar-refractivity contribution in [2.45, 2.75) is 19.4 Å². The zero-order valence-corrected chi connectivity index (χ0v) is 14.1. The Kier molecular flexibility index (Phi) is 5.03. The van der Waals surface area contributed by atoms with E-state index in [9.17, 15) is 4.79 Å². The van der Waals surface area contributed by atoms with Crippen LogP contribution in [0.5, 0.6) is 0 Å². The molecule has 4 nitrogen and oxygen atoms in total. The van der Waals surface area contributed by atoms with Crippen LogP contribution in [-0.4, -0.2) is 19.0 Å². The summed E-state index contributed by atoms with van der Waals surface area (Å²) in [6, 6.07) is 8.94. The summed E-state index contributed by atoms with van der Waals surface area (Å²) >= 11 is 12.0. The van der Waals surface area contributed by atoms with Crippen LogP contribution in [0.2, 0.25) is 10.0 Å². The van der Waals surface area contributed by atoms with E-state index in [2.05, 4.69) is 15.2 Å². The maximum atomic E-state index is 12.5. The first-order valence-corrected chi connectivity index (χ1v) is 8.38. The van der Waals surface area contributed by atoms with Gasteiger partial charge in [-0.3, -0.25) is 9.69 Å². The van der Waals surface area contributed by atoms with Gasteiger partial charge >= 0.3 is 0 Å². The van der Waals surface area contributed by atoms with Crippen molar-refractivity contribution < 1.29 is 9.78 Å². The van der Waals surface area contributed by atoms with Crippen LogP contribution in [0.15, 0.2) is 36.5 Å². The number of hydrogen-bond acceptors (Lipinski definition) is 2. The molecule has 1 aliphatic heterocycles. The summed E-state index contributed by atoms with van der Waals surface area (Å²) in [5.41, 5.74) is 1.49. The lowest BCUT2D eigenvalue weighted by Crippen LogP contribution is -2.32. The molecule has 6 heteroatoms. The third-order valence-electron chi connectivity index (χ3n) is 3.96. The van der Waals surface area contributed by atoms with Gasteiger partial charge in [0.15, 0.2) is 0 Å². The van der Waals surface area contributed by atoms with Crippen molar-refractivity contribution in [3.05, 3.63) is 57.7 Å². The van der Waals surface area contributed by atoms with Crippen molar-refractivity contribution in [2.75, 3.05) is 18.0 Å². The van der Waals surface area contributed by atoms with Crippen LogP contribution in [0, 0.1) is 0 Å². The number of H-pyrrole nitrogens is 1. The molecular weight excluding hydrogens is 333 g/mol. The highest BCUT2D eigenvalue weighted by Gasteiger charge is 2.26. The van der Waals surface area contributed by atoms with Crippen LogP contribution < -0.4 is 15.2 Å². The molecule has 1 aromatic carbocycles. The van der Waals surface area contributed by atoms with E-state index in [-0.39, 0.29) is 5.91 Å². The molecule has 0 radical (unpaired) electrons. The Balaban J connectivity index is 1.73. The first kappa shape index (κ1) is 16.1. The minimum atomic E-state index is -0.116. The first-order valence-electron chi connectivity index (χ1n) is 7.63. The molecule has 23 heavy (non-hydrogen) atoms. The number of nitrogens with one attached hydrogen (secondary N) is 2. The number of carbonyl (C=O) groups is 1. The van der Waals surface area contributed by atoms with E-state index >= 15 is 0 Å². The van der Waals surface area contributed by atoms with Crippen molar-refractivity contribution in [2.24, 2.45) is 0 Å². The molecule has 0 atom stereocenters. The molecule has 2 aromatic rings. The summed E-state index contributed by atoms with van der Waals surface area (Å²) in [7, 11) is 0. The third-order valence-corrected chi connectivity index (χ3v) is 4.54. The summed E-state index contributed by atoms with van der Waals surface area (Å²) in [6.07, 6.45) is 4.16. The highest BCUT2D eigenvalue weighted by molar-refractivity contribution is 6.35. The second-order valence-electron chi connectivity index (χ2n) is 5.54. The molecule has 0 bridgehead atoms. The van der Waals surface area contributed by atoms with Gasteiger partial charge in [0, 0.05) is 16.6 Å². The molecule has 1 aromatic heterocycles. The Morgan fingerprint density at radius 1 is 1.22 bits per heavy atom. The highest BCUT2D eigenvalue weighted by atomic mass is 35.5. The smallest absolute Gasteiger partial charge is 0.287 e. The van der Waals surface area contributed by atoms with Crippen LogP contribution in [-0.2, 0) is 6.54 Å². The normalized spacial score (nSPS) is 14.1. The number of pyridine rings is 1. The zero-order valence-electron chi connectivity index (χ0n) is 12.6. The Bertz CT molecular complexity index is 715. The summed E-state index contributed by atoms with van der Waals surface area (Å²) < 4.78 is 0. The molecule has 0 spiro atoms. The first-order chi connectivity index (χ1) is 11.1. The van der Waals surface area contributed by atoms with E-state index in [1.807, 2.05) is 24.4 Å². The fourth-order valence-corrected chi connectivity index (χ4v) is 3.22. The summed E-state index contributed by atoms with van der Waals surface area (Å²) in [5, 5.41) is 4.06. The van der Waals surface area contributed by atoms with Gasteiger partial charge in [-0.25, -0.2) is 4.98 Å². The Morgan fingerprint density at radius 3 is 2.74 bits per heavy atom. The van der Waals surface area contributed by atoms with E-state index < -0.39 is 0 Å². The standard InChI is InChI=1S/C17H17Cl2N3O/c18-13-6-5-12(15(19)10-13)11-21-17(23)14-4-3-7-20-16(14)22-8-1-2-9-22/h3-7,10H,1-2,8-9,11H2,(H,21,23)/p+1. The fourth-order valence-electron chi connectivity index (χ4n) is 2.75.